The van der Waals surface area contributed by atoms with E-state index in [4.69, 9.17) is 19.2 Å². The normalized spacial score (nSPS) is 13.7. The number of carbonyl (C=O) groups is 1. The summed E-state index contributed by atoms with van der Waals surface area (Å²) in [6, 6.07) is 12.9. The number of para-hydroxylation sites is 1. The van der Waals surface area contributed by atoms with Crippen LogP contribution in [0.1, 0.15) is 10.4 Å². The summed E-state index contributed by atoms with van der Waals surface area (Å²) in [5, 5.41) is 5.97. The van der Waals surface area contributed by atoms with Crippen molar-refractivity contribution in [1.82, 2.24) is 4.98 Å². The molecule has 1 N–H and O–H groups in total. The molecule has 1 saturated heterocycles. The average molecular weight is 426 g/mol. The number of aromatic nitrogens is 1. The van der Waals surface area contributed by atoms with Crippen LogP contribution in [-0.4, -0.2) is 51.4 Å². The average Bonchev–Trinajstić information content (AvgIpc) is 3.30. The van der Waals surface area contributed by atoms with Gasteiger partial charge in [-0.2, -0.15) is 0 Å². The van der Waals surface area contributed by atoms with Gasteiger partial charge in [0.15, 0.2) is 16.6 Å². The van der Waals surface area contributed by atoms with Crippen LogP contribution in [0.4, 0.5) is 10.8 Å². The number of carbonyl (C=O) groups excluding carboxylic acids is 1. The van der Waals surface area contributed by atoms with E-state index >= 15 is 0 Å². The Morgan fingerprint density at radius 1 is 1.10 bits per heavy atom. The second-order valence-corrected chi connectivity index (χ2v) is 7.52. The fraction of sp³-hybridized carbons (Fsp3) is 0.273. The number of nitrogens with zero attached hydrogens (tertiary/aromatic N) is 2. The Bertz CT molecular complexity index is 1010. The van der Waals surface area contributed by atoms with Crippen molar-refractivity contribution in [2.45, 2.75) is 0 Å². The van der Waals surface area contributed by atoms with E-state index in [1.54, 1.807) is 36.6 Å². The molecule has 0 radical (unpaired) electrons. The lowest BCUT2D eigenvalue weighted by atomic mass is 10.1. The Hall–Kier alpha value is -3.10. The summed E-state index contributed by atoms with van der Waals surface area (Å²) >= 11 is 1.63. The minimum Gasteiger partial charge on any atom is -0.493 e. The lowest BCUT2D eigenvalue weighted by Gasteiger charge is -2.26. The molecule has 0 unspecified atom stereocenters. The van der Waals surface area contributed by atoms with Gasteiger partial charge in [-0.05, 0) is 24.3 Å². The third-order valence-electron chi connectivity index (χ3n) is 4.86. The maximum atomic E-state index is 12.7. The number of nitrogens with one attached hydrogen (secondary N) is 1. The van der Waals surface area contributed by atoms with E-state index < -0.39 is 0 Å². The van der Waals surface area contributed by atoms with Gasteiger partial charge in [0.25, 0.3) is 5.91 Å². The molecule has 1 aliphatic rings. The molecule has 0 atom stereocenters. The predicted molar refractivity (Wildman–Crippen MR) is 118 cm³/mol. The van der Waals surface area contributed by atoms with Gasteiger partial charge in [-0.3, -0.25) is 4.79 Å². The lowest BCUT2D eigenvalue weighted by molar-refractivity contribution is 0.102. The van der Waals surface area contributed by atoms with Crippen LogP contribution >= 0.6 is 11.3 Å². The van der Waals surface area contributed by atoms with Crippen LogP contribution < -0.4 is 19.7 Å². The molecule has 1 fully saturated rings. The fourth-order valence-electron chi connectivity index (χ4n) is 3.29. The van der Waals surface area contributed by atoms with Crippen LogP contribution in [0.2, 0.25) is 0 Å². The quantitative estimate of drug-likeness (QED) is 0.645. The molecule has 2 aromatic carbocycles. The molecule has 7 nitrogen and oxygen atoms in total. The minimum absolute atomic E-state index is 0.262. The second-order valence-electron chi connectivity index (χ2n) is 6.69. The molecular formula is C22H23N3O4S. The summed E-state index contributed by atoms with van der Waals surface area (Å²) in [6.07, 6.45) is 0. The van der Waals surface area contributed by atoms with Gasteiger partial charge in [0.2, 0.25) is 0 Å². The number of benzene rings is 2. The van der Waals surface area contributed by atoms with E-state index in [-0.39, 0.29) is 5.91 Å². The number of ether oxygens (including phenoxy) is 3. The van der Waals surface area contributed by atoms with E-state index in [1.807, 2.05) is 24.3 Å². The summed E-state index contributed by atoms with van der Waals surface area (Å²) < 4.78 is 16.0. The zero-order chi connectivity index (χ0) is 20.9. The first-order valence-corrected chi connectivity index (χ1v) is 10.5. The molecule has 1 aromatic heterocycles. The number of rotatable bonds is 6. The summed E-state index contributed by atoms with van der Waals surface area (Å²) in [6.45, 7) is 3.21. The van der Waals surface area contributed by atoms with Crippen LogP contribution in [0.15, 0.2) is 47.8 Å². The van der Waals surface area contributed by atoms with Crippen molar-refractivity contribution in [3.05, 3.63) is 53.4 Å². The summed E-state index contributed by atoms with van der Waals surface area (Å²) in [4.78, 5) is 19.7. The zero-order valence-electron chi connectivity index (χ0n) is 16.9. The van der Waals surface area contributed by atoms with Crippen LogP contribution in [0.5, 0.6) is 11.5 Å². The molecule has 0 spiro atoms. The smallest absolute Gasteiger partial charge is 0.259 e. The molecule has 0 saturated carbocycles. The molecule has 0 aliphatic carbocycles. The summed E-state index contributed by atoms with van der Waals surface area (Å²) in [5.41, 5.74) is 3.03. The van der Waals surface area contributed by atoms with E-state index in [0.29, 0.717) is 22.7 Å². The number of methoxy groups -OCH3 is 2. The highest BCUT2D eigenvalue weighted by atomic mass is 32.1. The van der Waals surface area contributed by atoms with Crippen LogP contribution in [0, 0.1) is 0 Å². The number of anilines is 2. The van der Waals surface area contributed by atoms with Crippen molar-refractivity contribution in [2.75, 3.05) is 50.7 Å². The maximum Gasteiger partial charge on any atom is 0.259 e. The van der Waals surface area contributed by atoms with Gasteiger partial charge in [0, 0.05) is 29.7 Å². The van der Waals surface area contributed by atoms with Crippen molar-refractivity contribution >= 4 is 28.1 Å². The Morgan fingerprint density at radius 2 is 1.87 bits per heavy atom. The summed E-state index contributed by atoms with van der Waals surface area (Å²) in [5.74, 6) is 0.661. The number of hydrogen-bond acceptors (Lipinski definition) is 7. The van der Waals surface area contributed by atoms with Crippen molar-refractivity contribution in [2.24, 2.45) is 0 Å². The van der Waals surface area contributed by atoms with Crippen LogP contribution in [0.25, 0.3) is 11.3 Å². The Labute approximate surface area is 179 Å². The van der Waals surface area contributed by atoms with E-state index in [0.717, 1.165) is 42.7 Å². The molecule has 2 heterocycles. The Kier molecular flexibility index (Phi) is 6.15. The maximum absolute atomic E-state index is 12.7. The molecule has 156 valence electrons. The van der Waals surface area contributed by atoms with Crippen LogP contribution in [0.3, 0.4) is 0 Å². The number of amides is 1. The standard InChI is InChI=1S/C22H23N3O4S/c1-27-19-5-3-4-17(20(19)28-2)21(26)23-16-8-6-15(7-9-16)18-14-30-22(24-18)25-10-12-29-13-11-25/h3-9,14H,10-13H2,1-2H3,(H,23,26). The zero-order valence-corrected chi connectivity index (χ0v) is 17.7. The van der Waals surface area contributed by atoms with E-state index in [1.165, 1.54) is 7.11 Å². The first kappa shape index (κ1) is 20.2. The molecule has 4 rings (SSSR count). The lowest BCUT2D eigenvalue weighted by Crippen LogP contribution is -2.36. The SMILES string of the molecule is COc1cccc(C(=O)Nc2ccc(-c3csc(N4CCOCC4)n3)cc2)c1OC. The van der Waals surface area contributed by atoms with Gasteiger partial charge in [-0.25, -0.2) is 4.98 Å². The molecule has 1 amide bonds. The van der Waals surface area contributed by atoms with Crippen molar-refractivity contribution in [1.29, 1.82) is 0 Å². The molecule has 30 heavy (non-hydrogen) atoms. The van der Waals surface area contributed by atoms with E-state index in [9.17, 15) is 4.79 Å². The highest BCUT2D eigenvalue weighted by molar-refractivity contribution is 7.14. The van der Waals surface area contributed by atoms with Crippen molar-refractivity contribution in [3.8, 4) is 22.8 Å². The fourth-order valence-corrected chi connectivity index (χ4v) is 4.17. The van der Waals surface area contributed by atoms with Gasteiger partial charge in [-0.15, -0.1) is 11.3 Å². The minimum atomic E-state index is -0.262. The molecule has 3 aromatic rings. The van der Waals surface area contributed by atoms with Gasteiger partial charge in [0.05, 0.1) is 38.7 Å². The third-order valence-corrected chi connectivity index (χ3v) is 5.76. The molecular weight excluding hydrogens is 402 g/mol. The van der Waals surface area contributed by atoms with Gasteiger partial charge >= 0.3 is 0 Å². The van der Waals surface area contributed by atoms with Crippen molar-refractivity contribution in [3.63, 3.8) is 0 Å². The van der Waals surface area contributed by atoms with Gasteiger partial charge in [0.1, 0.15) is 0 Å². The highest BCUT2D eigenvalue weighted by Gasteiger charge is 2.17. The molecule has 8 heteroatoms. The van der Waals surface area contributed by atoms with E-state index in [2.05, 4.69) is 15.6 Å². The molecule has 1 aliphatic heterocycles. The largest absolute Gasteiger partial charge is 0.493 e. The Balaban J connectivity index is 1.47. The van der Waals surface area contributed by atoms with Gasteiger partial charge in [-0.1, -0.05) is 18.2 Å². The molecule has 0 bridgehead atoms. The predicted octanol–water partition coefficient (Wildman–Crippen LogP) is 3.92. The number of thiazole rings is 1. The van der Waals surface area contributed by atoms with Gasteiger partial charge < -0.3 is 24.4 Å². The first-order valence-electron chi connectivity index (χ1n) is 9.60. The topological polar surface area (TPSA) is 72.9 Å². The third kappa shape index (κ3) is 4.24. The second kappa shape index (κ2) is 9.15. The van der Waals surface area contributed by atoms with Crippen LogP contribution in [-0.2, 0) is 4.74 Å². The Morgan fingerprint density at radius 3 is 2.57 bits per heavy atom. The number of morpholine rings is 1. The monoisotopic (exact) mass is 425 g/mol. The number of hydrogen-bond donors (Lipinski definition) is 1. The summed E-state index contributed by atoms with van der Waals surface area (Å²) in [7, 11) is 3.06. The highest BCUT2D eigenvalue weighted by Crippen LogP contribution is 2.32. The van der Waals surface area contributed by atoms with Crippen molar-refractivity contribution < 1.29 is 19.0 Å². The first-order chi connectivity index (χ1) is 14.7.